The Morgan fingerprint density at radius 2 is 1.57 bits per heavy atom. The minimum atomic E-state index is -1.03. The molecule has 0 unspecified atom stereocenters. The molecule has 1 heterocycles. The standard InChI is InChI=1S/C27H29N3O4S/c1-19-12-14-22(15-13-19)35-27-24(29-30-28)26(33-17-21-10-6-3-7-11-21)25(31)23(34-27)18-32-16-20-8-4-2-5-9-20/h2-15,23-27,31H,16-18H2,1H3/t23-,24+,25-,26+,27+/m1/s1. The zero-order valence-electron chi connectivity index (χ0n) is 19.5. The summed E-state index contributed by atoms with van der Waals surface area (Å²) in [7, 11) is 0. The van der Waals surface area contributed by atoms with Crippen molar-refractivity contribution in [3.63, 3.8) is 0 Å². The van der Waals surface area contributed by atoms with Crippen molar-refractivity contribution in [2.24, 2.45) is 5.11 Å². The van der Waals surface area contributed by atoms with Crippen LogP contribution in [0.2, 0.25) is 0 Å². The monoisotopic (exact) mass is 491 g/mol. The summed E-state index contributed by atoms with van der Waals surface area (Å²) in [6.45, 7) is 2.88. The highest BCUT2D eigenvalue weighted by Gasteiger charge is 2.46. The molecule has 3 aromatic rings. The molecule has 0 saturated carbocycles. The Hall–Kier alpha value is -2.84. The van der Waals surface area contributed by atoms with Crippen molar-refractivity contribution >= 4 is 11.8 Å². The fourth-order valence-electron chi connectivity index (χ4n) is 3.90. The van der Waals surface area contributed by atoms with Crippen LogP contribution in [0.1, 0.15) is 16.7 Å². The summed E-state index contributed by atoms with van der Waals surface area (Å²) in [5.74, 6) is 0. The van der Waals surface area contributed by atoms with Gasteiger partial charge in [-0.05, 0) is 35.7 Å². The first-order valence-corrected chi connectivity index (χ1v) is 12.4. The van der Waals surface area contributed by atoms with E-state index in [4.69, 9.17) is 14.2 Å². The van der Waals surface area contributed by atoms with Crippen LogP contribution in [-0.4, -0.2) is 41.5 Å². The van der Waals surface area contributed by atoms with Gasteiger partial charge in [0, 0.05) is 9.81 Å². The molecule has 1 saturated heterocycles. The van der Waals surface area contributed by atoms with E-state index in [0.717, 1.165) is 21.6 Å². The Morgan fingerprint density at radius 1 is 0.943 bits per heavy atom. The predicted molar refractivity (Wildman–Crippen MR) is 136 cm³/mol. The third kappa shape index (κ3) is 7.08. The molecule has 7 nitrogen and oxygen atoms in total. The number of azide groups is 1. The van der Waals surface area contributed by atoms with Crippen molar-refractivity contribution in [2.45, 2.75) is 54.8 Å². The van der Waals surface area contributed by atoms with Crippen molar-refractivity contribution in [1.82, 2.24) is 0 Å². The van der Waals surface area contributed by atoms with Crippen LogP contribution >= 0.6 is 11.8 Å². The molecule has 0 radical (unpaired) electrons. The van der Waals surface area contributed by atoms with E-state index in [1.54, 1.807) is 0 Å². The van der Waals surface area contributed by atoms with Crippen molar-refractivity contribution < 1.29 is 19.3 Å². The fourth-order valence-corrected chi connectivity index (χ4v) is 5.01. The first-order valence-electron chi connectivity index (χ1n) is 11.5. The summed E-state index contributed by atoms with van der Waals surface area (Å²) >= 11 is 1.45. The highest BCUT2D eigenvalue weighted by molar-refractivity contribution is 7.99. The van der Waals surface area contributed by atoms with E-state index >= 15 is 0 Å². The number of nitrogens with zero attached hydrogens (tertiary/aromatic N) is 3. The van der Waals surface area contributed by atoms with Gasteiger partial charge in [0.2, 0.25) is 0 Å². The minimum absolute atomic E-state index is 0.176. The van der Waals surface area contributed by atoms with E-state index in [1.807, 2.05) is 91.9 Å². The SMILES string of the molecule is Cc1ccc(S[C@@H]2O[C@H](COCc3ccccc3)[C@@H](O)[C@@H](OCc3ccccc3)[C@@H]2N=[N+]=[N-])cc1. The van der Waals surface area contributed by atoms with E-state index in [0.29, 0.717) is 6.61 Å². The van der Waals surface area contributed by atoms with E-state index in [1.165, 1.54) is 11.8 Å². The van der Waals surface area contributed by atoms with Crippen LogP contribution < -0.4 is 0 Å². The van der Waals surface area contributed by atoms with Gasteiger partial charge in [0.05, 0.1) is 25.9 Å². The zero-order valence-corrected chi connectivity index (χ0v) is 20.3. The lowest BCUT2D eigenvalue weighted by molar-refractivity contribution is -0.190. The number of thioether (sulfide) groups is 1. The van der Waals surface area contributed by atoms with Gasteiger partial charge in [0.1, 0.15) is 23.7 Å². The normalized spacial score (nSPS) is 24.0. The third-order valence-electron chi connectivity index (χ3n) is 5.78. The highest BCUT2D eigenvalue weighted by atomic mass is 32.2. The van der Waals surface area contributed by atoms with Crippen LogP contribution in [0.5, 0.6) is 0 Å². The summed E-state index contributed by atoms with van der Waals surface area (Å²) in [5, 5.41) is 15.2. The average Bonchev–Trinajstić information content (AvgIpc) is 2.89. The molecule has 4 rings (SSSR count). The van der Waals surface area contributed by atoms with Crippen LogP contribution in [0.15, 0.2) is 94.9 Å². The van der Waals surface area contributed by atoms with Gasteiger partial charge in [0.15, 0.2) is 0 Å². The molecule has 0 spiro atoms. The highest BCUT2D eigenvalue weighted by Crippen LogP contribution is 2.36. The van der Waals surface area contributed by atoms with Gasteiger partial charge in [-0.3, -0.25) is 0 Å². The van der Waals surface area contributed by atoms with Gasteiger partial charge >= 0.3 is 0 Å². The van der Waals surface area contributed by atoms with E-state index in [2.05, 4.69) is 10.0 Å². The summed E-state index contributed by atoms with van der Waals surface area (Å²) in [6, 6.07) is 26.8. The van der Waals surface area contributed by atoms with Crippen molar-refractivity contribution in [1.29, 1.82) is 0 Å². The molecule has 1 aliphatic rings. The van der Waals surface area contributed by atoms with Gasteiger partial charge in [-0.2, -0.15) is 0 Å². The lowest BCUT2D eigenvalue weighted by Gasteiger charge is -2.42. The van der Waals surface area contributed by atoms with Crippen LogP contribution in [0.3, 0.4) is 0 Å². The second-order valence-electron chi connectivity index (χ2n) is 8.42. The quantitative estimate of drug-likeness (QED) is 0.224. The number of hydrogen-bond acceptors (Lipinski definition) is 6. The second-order valence-corrected chi connectivity index (χ2v) is 9.59. The van der Waals surface area contributed by atoms with Gasteiger partial charge in [0.25, 0.3) is 0 Å². The summed E-state index contributed by atoms with van der Waals surface area (Å²) in [5.41, 5.74) is 11.9. The molecular weight excluding hydrogens is 462 g/mol. The number of hydrogen-bond donors (Lipinski definition) is 1. The Morgan fingerprint density at radius 3 is 2.20 bits per heavy atom. The maximum absolute atomic E-state index is 11.2. The summed E-state index contributed by atoms with van der Waals surface area (Å²) in [4.78, 5) is 4.01. The summed E-state index contributed by atoms with van der Waals surface area (Å²) < 4.78 is 18.3. The van der Waals surface area contributed by atoms with Gasteiger partial charge in [-0.15, -0.1) is 0 Å². The fraction of sp³-hybridized carbons (Fsp3) is 0.333. The minimum Gasteiger partial charge on any atom is -0.388 e. The number of aliphatic hydroxyl groups excluding tert-OH is 1. The van der Waals surface area contributed by atoms with Crippen LogP contribution in [-0.2, 0) is 27.4 Å². The maximum Gasteiger partial charge on any atom is 0.119 e. The lowest BCUT2D eigenvalue weighted by Crippen LogP contribution is -2.57. The number of benzene rings is 3. The van der Waals surface area contributed by atoms with Crippen LogP contribution in [0.25, 0.3) is 10.4 Å². The van der Waals surface area contributed by atoms with E-state index < -0.39 is 29.8 Å². The van der Waals surface area contributed by atoms with Gasteiger partial charge in [-0.1, -0.05) is 95.2 Å². The molecular formula is C27H29N3O4S. The van der Waals surface area contributed by atoms with Gasteiger partial charge in [-0.25, -0.2) is 0 Å². The molecule has 35 heavy (non-hydrogen) atoms. The molecule has 1 fully saturated rings. The first kappa shape index (κ1) is 25.3. The molecule has 0 amide bonds. The Labute approximate surface area is 209 Å². The molecule has 0 bridgehead atoms. The summed E-state index contributed by atoms with van der Waals surface area (Å²) in [6.07, 6.45) is -2.43. The predicted octanol–water partition coefficient (Wildman–Crippen LogP) is 5.65. The molecule has 1 aliphatic heterocycles. The van der Waals surface area contributed by atoms with Crippen molar-refractivity contribution in [3.8, 4) is 0 Å². The third-order valence-corrected chi connectivity index (χ3v) is 6.95. The molecule has 0 aliphatic carbocycles. The Kier molecular flexibility index (Phi) is 9.20. The number of aryl methyl sites for hydroxylation is 1. The maximum atomic E-state index is 11.2. The zero-order chi connectivity index (χ0) is 24.5. The van der Waals surface area contributed by atoms with Crippen LogP contribution in [0.4, 0.5) is 0 Å². The Bertz CT molecular complexity index is 1090. The first-order chi connectivity index (χ1) is 17.1. The Balaban J connectivity index is 1.52. The molecule has 1 N–H and O–H groups in total. The number of ether oxygens (including phenoxy) is 3. The largest absolute Gasteiger partial charge is 0.388 e. The van der Waals surface area contributed by atoms with Crippen molar-refractivity contribution in [3.05, 3.63) is 112 Å². The van der Waals surface area contributed by atoms with E-state index in [9.17, 15) is 10.6 Å². The number of rotatable bonds is 10. The topological polar surface area (TPSA) is 96.7 Å². The molecule has 5 atom stereocenters. The second kappa shape index (κ2) is 12.7. The van der Waals surface area contributed by atoms with Crippen molar-refractivity contribution in [2.75, 3.05) is 6.61 Å². The smallest absolute Gasteiger partial charge is 0.119 e. The molecule has 3 aromatic carbocycles. The van der Waals surface area contributed by atoms with Gasteiger partial charge < -0.3 is 19.3 Å². The average molecular weight is 492 g/mol. The lowest BCUT2D eigenvalue weighted by atomic mass is 9.98. The van der Waals surface area contributed by atoms with E-state index in [-0.39, 0.29) is 13.2 Å². The number of aliphatic hydroxyl groups is 1. The molecule has 182 valence electrons. The van der Waals surface area contributed by atoms with Crippen LogP contribution in [0, 0.1) is 6.92 Å². The molecule has 0 aromatic heterocycles. The molecule has 8 heteroatoms.